The summed E-state index contributed by atoms with van der Waals surface area (Å²) in [5.74, 6) is 0.0242. The summed E-state index contributed by atoms with van der Waals surface area (Å²) in [5, 5.41) is 0. The van der Waals surface area contributed by atoms with E-state index in [9.17, 15) is 13.2 Å². The average Bonchev–Trinajstić information content (AvgIpc) is 3.20. The molecule has 8 heteroatoms. The Labute approximate surface area is 205 Å². The van der Waals surface area contributed by atoms with Gasteiger partial charge in [0, 0.05) is 6.42 Å². The number of hydrogen-bond donors (Lipinski definition) is 0. The van der Waals surface area contributed by atoms with E-state index in [1.54, 1.807) is 26.0 Å². The number of hydrogen-bond acceptors (Lipinski definition) is 7. The van der Waals surface area contributed by atoms with Crippen molar-refractivity contribution in [2.24, 2.45) is 5.92 Å². The first-order valence-corrected chi connectivity index (χ1v) is 12.7. The summed E-state index contributed by atoms with van der Waals surface area (Å²) < 4.78 is 48.0. The van der Waals surface area contributed by atoms with Crippen LogP contribution >= 0.6 is 0 Å². The number of carbonyl (C=O) groups excluding carboxylic acids is 1. The van der Waals surface area contributed by atoms with Crippen LogP contribution in [0.1, 0.15) is 31.4 Å². The highest BCUT2D eigenvalue weighted by Crippen LogP contribution is 2.36. The zero-order valence-corrected chi connectivity index (χ0v) is 20.7. The molecule has 3 aromatic rings. The zero-order valence-electron chi connectivity index (χ0n) is 19.8. The molecule has 0 radical (unpaired) electrons. The van der Waals surface area contributed by atoms with E-state index in [4.69, 9.17) is 18.4 Å². The van der Waals surface area contributed by atoms with E-state index in [1.165, 1.54) is 12.1 Å². The van der Waals surface area contributed by atoms with Crippen molar-refractivity contribution >= 4 is 16.1 Å². The van der Waals surface area contributed by atoms with Crippen molar-refractivity contribution < 1.29 is 31.6 Å². The summed E-state index contributed by atoms with van der Waals surface area (Å²) in [6.07, 6.45) is -0.633. The molecule has 1 fully saturated rings. The molecule has 1 aliphatic rings. The summed E-state index contributed by atoms with van der Waals surface area (Å²) in [4.78, 5) is 12.6. The smallest absolute Gasteiger partial charge is 0.314 e. The lowest BCUT2D eigenvalue weighted by Crippen LogP contribution is -2.39. The quantitative estimate of drug-likeness (QED) is 0.290. The maximum atomic E-state index is 12.8. The lowest BCUT2D eigenvalue weighted by Gasteiger charge is -2.28. The third-order valence-corrected chi connectivity index (χ3v) is 7.25. The van der Waals surface area contributed by atoms with Gasteiger partial charge >= 0.3 is 5.97 Å². The van der Waals surface area contributed by atoms with Crippen LogP contribution in [0.5, 0.6) is 11.5 Å². The highest BCUT2D eigenvalue weighted by Gasteiger charge is 2.48. The molecule has 2 atom stereocenters. The fourth-order valence-electron chi connectivity index (χ4n) is 3.82. The second kappa shape index (κ2) is 10.2. The standard InChI is InChI=1S/C27H28O7S/c1-19-12-14-23(15-13-19)35(29,30)34-27(2,3)24-17-25(33-26(24)28)31-18-20-8-7-11-22(16-20)32-21-9-5-4-6-10-21/h4-16,24-25H,17-18H2,1-3H3. The molecule has 2 unspecified atom stereocenters. The largest absolute Gasteiger partial charge is 0.457 e. The van der Waals surface area contributed by atoms with Crippen molar-refractivity contribution in [2.45, 2.75) is 50.6 Å². The molecule has 1 aliphatic heterocycles. The molecule has 0 N–H and O–H groups in total. The van der Waals surface area contributed by atoms with Gasteiger partial charge in [0.1, 0.15) is 11.5 Å². The van der Waals surface area contributed by atoms with Crippen LogP contribution in [0.4, 0.5) is 0 Å². The molecular weight excluding hydrogens is 468 g/mol. The maximum Gasteiger partial charge on any atom is 0.314 e. The van der Waals surface area contributed by atoms with Crippen LogP contribution in [-0.4, -0.2) is 26.3 Å². The van der Waals surface area contributed by atoms with Gasteiger partial charge in [-0.2, -0.15) is 8.42 Å². The topological polar surface area (TPSA) is 88.1 Å². The lowest BCUT2D eigenvalue weighted by molar-refractivity contribution is -0.166. The summed E-state index contributed by atoms with van der Waals surface area (Å²) >= 11 is 0. The van der Waals surface area contributed by atoms with Gasteiger partial charge in [0.25, 0.3) is 10.1 Å². The van der Waals surface area contributed by atoms with Gasteiger partial charge in [-0.3, -0.25) is 8.98 Å². The summed E-state index contributed by atoms with van der Waals surface area (Å²) in [6, 6.07) is 23.2. The molecule has 0 aliphatic carbocycles. The Balaban J connectivity index is 1.36. The van der Waals surface area contributed by atoms with Crippen LogP contribution in [0.15, 0.2) is 83.8 Å². The van der Waals surface area contributed by atoms with Gasteiger partial charge in [-0.1, -0.05) is 48.0 Å². The fraction of sp³-hybridized carbons (Fsp3) is 0.296. The molecular formula is C27H28O7S. The van der Waals surface area contributed by atoms with E-state index >= 15 is 0 Å². The Morgan fingerprint density at radius 1 is 0.943 bits per heavy atom. The van der Waals surface area contributed by atoms with Crippen molar-refractivity contribution in [1.29, 1.82) is 0 Å². The minimum absolute atomic E-state index is 0.0351. The number of carbonyl (C=O) groups is 1. The van der Waals surface area contributed by atoms with Crippen LogP contribution in [-0.2, 0) is 35.2 Å². The van der Waals surface area contributed by atoms with Crippen LogP contribution < -0.4 is 4.74 Å². The minimum Gasteiger partial charge on any atom is -0.457 e. The van der Waals surface area contributed by atoms with Crippen molar-refractivity contribution in [1.82, 2.24) is 0 Å². The van der Waals surface area contributed by atoms with E-state index < -0.39 is 33.9 Å². The van der Waals surface area contributed by atoms with Gasteiger partial charge in [-0.15, -0.1) is 0 Å². The van der Waals surface area contributed by atoms with Gasteiger partial charge in [0.2, 0.25) is 6.29 Å². The SMILES string of the molecule is Cc1ccc(S(=O)(=O)OC(C)(C)C2CC(OCc3cccc(Oc4ccccc4)c3)OC2=O)cc1. The number of esters is 1. The van der Waals surface area contributed by atoms with Gasteiger partial charge in [0.15, 0.2) is 0 Å². The molecule has 0 spiro atoms. The van der Waals surface area contributed by atoms with Crippen molar-refractivity contribution in [3.63, 3.8) is 0 Å². The number of aryl methyl sites for hydroxylation is 1. The Morgan fingerprint density at radius 2 is 1.63 bits per heavy atom. The van der Waals surface area contributed by atoms with E-state index in [0.29, 0.717) is 5.75 Å². The number of para-hydroxylation sites is 1. The molecule has 35 heavy (non-hydrogen) atoms. The second-order valence-corrected chi connectivity index (χ2v) is 10.5. The molecule has 1 heterocycles. The van der Waals surface area contributed by atoms with Crippen molar-refractivity contribution in [3.8, 4) is 11.5 Å². The van der Waals surface area contributed by atoms with E-state index in [2.05, 4.69) is 0 Å². The first kappa shape index (κ1) is 24.9. The molecule has 4 rings (SSSR count). The molecule has 0 bridgehead atoms. The third-order valence-electron chi connectivity index (χ3n) is 5.75. The number of cyclic esters (lactones) is 1. The summed E-state index contributed by atoms with van der Waals surface area (Å²) in [5.41, 5.74) is 0.456. The van der Waals surface area contributed by atoms with Crippen LogP contribution in [0.25, 0.3) is 0 Å². The predicted octanol–water partition coefficient (Wildman–Crippen LogP) is 5.38. The third kappa shape index (κ3) is 6.28. The van der Waals surface area contributed by atoms with Crippen LogP contribution in [0, 0.1) is 12.8 Å². The number of benzene rings is 3. The molecule has 0 saturated carbocycles. The van der Waals surface area contributed by atoms with Gasteiger partial charge in [-0.25, -0.2) is 0 Å². The van der Waals surface area contributed by atoms with Crippen LogP contribution in [0.2, 0.25) is 0 Å². The van der Waals surface area contributed by atoms with Gasteiger partial charge in [-0.05, 0) is 62.7 Å². The fourth-order valence-corrected chi connectivity index (χ4v) is 5.07. The summed E-state index contributed by atoms with van der Waals surface area (Å²) in [7, 11) is -4.06. The first-order chi connectivity index (χ1) is 16.6. The minimum atomic E-state index is -4.06. The molecule has 3 aromatic carbocycles. The molecule has 1 saturated heterocycles. The van der Waals surface area contributed by atoms with Crippen molar-refractivity contribution in [2.75, 3.05) is 0 Å². The lowest BCUT2D eigenvalue weighted by atomic mass is 9.90. The van der Waals surface area contributed by atoms with E-state index in [1.807, 2.05) is 61.5 Å². The summed E-state index contributed by atoms with van der Waals surface area (Å²) in [6.45, 7) is 5.19. The van der Waals surface area contributed by atoms with Crippen LogP contribution in [0.3, 0.4) is 0 Å². The Hall–Kier alpha value is -3.20. The molecule has 0 amide bonds. The van der Waals surface area contributed by atoms with E-state index in [-0.39, 0.29) is 17.9 Å². The van der Waals surface area contributed by atoms with Crippen molar-refractivity contribution in [3.05, 3.63) is 90.0 Å². The average molecular weight is 497 g/mol. The zero-order chi connectivity index (χ0) is 25.1. The second-order valence-electron chi connectivity index (χ2n) is 8.98. The first-order valence-electron chi connectivity index (χ1n) is 11.3. The maximum absolute atomic E-state index is 12.8. The Bertz CT molecular complexity index is 1270. The Kier molecular flexibility index (Phi) is 7.25. The highest BCUT2D eigenvalue weighted by atomic mass is 32.2. The highest BCUT2D eigenvalue weighted by molar-refractivity contribution is 7.86. The normalized spacial score (nSPS) is 18.3. The predicted molar refractivity (Wildman–Crippen MR) is 129 cm³/mol. The van der Waals surface area contributed by atoms with Gasteiger partial charge < -0.3 is 14.2 Å². The van der Waals surface area contributed by atoms with E-state index in [0.717, 1.165) is 16.9 Å². The van der Waals surface area contributed by atoms with Gasteiger partial charge in [0.05, 0.1) is 23.0 Å². The molecule has 0 aromatic heterocycles. The number of ether oxygens (including phenoxy) is 3. The number of rotatable bonds is 9. The molecule has 184 valence electrons. The molecule has 7 nitrogen and oxygen atoms in total. The monoisotopic (exact) mass is 496 g/mol. The Morgan fingerprint density at radius 3 is 2.34 bits per heavy atom.